The number of thioether (sulfide) groups is 1. The number of hydrogen-bond donors (Lipinski definition) is 1. The molecule has 1 aliphatic rings. The van der Waals surface area contributed by atoms with Crippen LogP contribution in [0.5, 0.6) is 0 Å². The van der Waals surface area contributed by atoms with Gasteiger partial charge in [-0.3, -0.25) is 4.79 Å². The number of para-hydroxylation sites is 2. The molecule has 1 aromatic carbocycles. The molecule has 1 heterocycles. The van der Waals surface area contributed by atoms with Gasteiger partial charge in [-0.25, -0.2) is 4.98 Å². The Kier molecular flexibility index (Phi) is 6.59. The minimum atomic E-state index is 0.103. The molecule has 0 saturated heterocycles. The molecule has 1 fully saturated rings. The molecule has 0 bridgehead atoms. The maximum Gasteiger partial charge on any atom is 0.230 e. The lowest BCUT2D eigenvalue weighted by Gasteiger charge is -2.34. The number of aromatic nitrogens is 2. The molecular weight excluding hydrogens is 346 g/mol. The molecule has 0 radical (unpaired) electrons. The van der Waals surface area contributed by atoms with Gasteiger partial charge in [0.25, 0.3) is 0 Å². The van der Waals surface area contributed by atoms with Gasteiger partial charge in [0.05, 0.1) is 23.4 Å². The number of fused-ring (bicyclic) bond motifs is 1. The number of imidazole rings is 1. The largest absolute Gasteiger partial charge is 0.383 e. The molecule has 1 aromatic heterocycles. The number of hydrogen-bond acceptors (Lipinski definition) is 4. The summed E-state index contributed by atoms with van der Waals surface area (Å²) in [7, 11) is 1.70. The van der Waals surface area contributed by atoms with E-state index in [0.717, 1.165) is 29.2 Å². The van der Waals surface area contributed by atoms with E-state index in [1.165, 1.54) is 24.6 Å². The van der Waals surface area contributed by atoms with Gasteiger partial charge in [-0.05, 0) is 30.4 Å². The third-order valence-electron chi connectivity index (χ3n) is 5.52. The highest BCUT2D eigenvalue weighted by Crippen LogP contribution is 2.30. The standard InChI is InChI=1S/C20H29N3O2S/c1-14-7-6-9-16(15(14)2)21-19(24)13-26-20-22-17-8-4-5-10-18(17)23(20)11-12-25-3/h4-5,8,10,14-16H,6-7,9,11-13H2,1-3H3,(H,21,24)/t14-,15-,16+/m0/s1. The van der Waals surface area contributed by atoms with Gasteiger partial charge in [0.1, 0.15) is 0 Å². The number of rotatable bonds is 7. The van der Waals surface area contributed by atoms with Crippen molar-refractivity contribution in [3.8, 4) is 0 Å². The van der Waals surface area contributed by atoms with Crippen LogP contribution in [0.3, 0.4) is 0 Å². The van der Waals surface area contributed by atoms with Crippen LogP contribution < -0.4 is 5.32 Å². The van der Waals surface area contributed by atoms with Crippen LogP contribution in [0.15, 0.2) is 29.4 Å². The van der Waals surface area contributed by atoms with Crippen molar-refractivity contribution >= 4 is 28.7 Å². The summed E-state index contributed by atoms with van der Waals surface area (Å²) < 4.78 is 7.37. The van der Waals surface area contributed by atoms with Crippen LogP contribution in [0.1, 0.15) is 33.1 Å². The summed E-state index contributed by atoms with van der Waals surface area (Å²) >= 11 is 1.51. The Morgan fingerprint density at radius 1 is 1.35 bits per heavy atom. The van der Waals surface area contributed by atoms with E-state index >= 15 is 0 Å². The fourth-order valence-electron chi connectivity index (χ4n) is 3.73. The number of carbonyl (C=O) groups is 1. The van der Waals surface area contributed by atoms with Crippen LogP contribution in [-0.4, -0.2) is 41.0 Å². The monoisotopic (exact) mass is 375 g/mol. The van der Waals surface area contributed by atoms with Crippen molar-refractivity contribution in [2.45, 2.75) is 50.9 Å². The number of carbonyl (C=O) groups excluding carboxylic acids is 1. The fourth-order valence-corrected chi connectivity index (χ4v) is 4.58. The lowest BCUT2D eigenvalue weighted by atomic mass is 9.78. The van der Waals surface area contributed by atoms with Crippen molar-refractivity contribution < 1.29 is 9.53 Å². The minimum Gasteiger partial charge on any atom is -0.383 e. The second-order valence-electron chi connectivity index (χ2n) is 7.26. The van der Waals surface area contributed by atoms with Gasteiger partial charge >= 0.3 is 0 Å². The molecule has 2 aromatic rings. The highest BCUT2D eigenvalue weighted by Gasteiger charge is 2.28. The van der Waals surface area contributed by atoms with Crippen LogP contribution in [0.2, 0.25) is 0 Å². The van der Waals surface area contributed by atoms with Crippen molar-refractivity contribution in [3.05, 3.63) is 24.3 Å². The summed E-state index contributed by atoms with van der Waals surface area (Å²) in [5.74, 6) is 1.73. The Morgan fingerprint density at radius 2 is 2.15 bits per heavy atom. The van der Waals surface area contributed by atoms with E-state index < -0.39 is 0 Å². The van der Waals surface area contributed by atoms with Crippen molar-refractivity contribution in [2.24, 2.45) is 11.8 Å². The lowest BCUT2D eigenvalue weighted by Crippen LogP contribution is -2.44. The first-order valence-corrected chi connectivity index (χ1v) is 10.4. The molecule has 3 atom stereocenters. The van der Waals surface area contributed by atoms with E-state index in [2.05, 4.69) is 29.8 Å². The molecule has 0 unspecified atom stereocenters. The summed E-state index contributed by atoms with van der Waals surface area (Å²) in [5, 5.41) is 4.12. The summed E-state index contributed by atoms with van der Waals surface area (Å²) in [6, 6.07) is 8.38. The minimum absolute atomic E-state index is 0.103. The van der Waals surface area contributed by atoms with Crippen molar-refractivity contribution in [1.82, 2.24) is 14.9 Å². The molecule has 142 valence electrons. The number of benzene rings is 1. The molecule has 3 rings (SSSR count). The summed E-state index contributed by atoms with van der Waals surface area (Å²) in [6.07, 6.45) is 3.57. The van der Waals surface area contributed by atoms with E-state index in [1.807, 2.05) is 18.2 Å². The van der Waals surface area contributed by atoms with Crippen LogP contribution in [-0.2, 0) is 16.1 Å². The molecular formula is C20H29N3O2S. The SMILES string of the molecule is COCCn1c(SCC(=O)N[C@@H]2CCC[C@H](C)[C@@H]2C)nc2ccccc21. The first kappa shape index (κ1) is 19.2. The number of nitrogens with one attached hydrogen (secondary N) is 1. The Bertz CT molecular complexity index is 746. The topological polar surface area (TPSA) is 56.1 Å². The first-order chi connectivity index (χ1) is 12.6. The smallest absolute Gasteiger partial charge is 0.230 e. The molecule has 5 nitrogen and oxygen atoms in total. The molecule has 1 N–H and O–H groups in total. The molecule has 1 saturated carbocycles. The number of ether oxygens (including phenoxy) is 1. The Hall–Kier alpha value is -1.53. The Balaban J connectivity index is 1.64. The summed E-state index contributed by atoms with van der Waals surface area (Å²) in [5.41, 5.74) is 2.04. The van der Waals surface area contributed by atoms with Crippen molar-refractivity contribution in [2.75, 3.05) is 19.5 Å². The molecule has 6 heteroatoms. The van der Waals surface area contributed by atoms with Crippen LogP contribution in [0, 0.1) is 11.8 Å². The number of amides is 1. The molecule has 0 spiro atoms. The van der Waals surface area contributed by atoms with Crippen LogP contribution >= 0.6 is 11.8 Å². The maximum absolute atomic E-state index is 12.5. The number of nitrogens with zero attached hydrogens (tertiary/aromatic N) is 2. The third-order valence-corrected chi connectivity index (χ3v) is 6.50. The zero-order valence-electron chi connectivity index (χ0n) is 15.9. The van der Waals surface area contributed by atoms with Gasteiger partial charge in [0.2, 0.25) is 5.91 Å². The number of methoxy groups -OCH3 is 1. The molecule has 26 heavy (non-hydrogen) atoms. The quantitative estimate of drug-likeness (QED) is 0.750. The summed E-state index contributed by atoms with van der Waals surface area (Å²) in [4.78, 5) is 17.2. The zero-order chi connectivity index (χ0) is 18.5. The van der Waals surface area contributed by atoms with Crippen molar-refractivity contribution in [3.63, 3.8) is 0 Å². The van der Waals surface area contributed by atoms with E-state index in [4.69, 9.17) is 9.72 Å². The van der Waals surface area contributed by atoms with Gasteiger partial charge < -0.3 is 14.6 Å². The van der Waals surface area contributed by atoms with E-state index in [9.17, 15) is 4.79 Å². The van der Waals surface area contributed by atoms with Gasteiger partial charge in [-0.15, -0.1) is 0 Å². The van der Waals surface area contributed by atoms with Gasteiger partial charge in [-0.2, -0.15) is 0 Å². The maximum atomic E-state index is 12.5. The van der Waals surface area contributed by atoms with Crippen LogP contribution in [0.4, 0.5) is 0 Å². The lowest BCUT2D eigenvalue weighted by molar-refractivity contribution is -0.120. The average Bonchev–Trinajstić information content (AvgIpc) is 2.99. The highest BCUT2D eigenvalue weighted by atomic mass is 32.2. The van der Waals surface area contributed by atoms with E-state index in [0.29, 0.717) is 30.2 Å². The van der Waals surface area contributed by atoms with E-state index in [1.54, 1.807) is 7.11 Å². The third kappa shape index (κ3) is 4.41. The van der Waals surface area contributed by atoms with Crippen molar-refractivity contribution in [1.29, 1.82) is 0 Å². The summed E-state index contributed by atoms with van der Waals surface area (Å²) in [6.45, 7) is 5.90. The fraction of sp³-hybridized carbons (Fsp3) is 0.600. The predicted octanol–water partition coefficient (Wildman–Crippen LogP) is 3.72. The van der Waals surface area contributed by atoms with E-state index in [-0.39, 0.29) is 5.91 Å². The second-order valence-corrected chi connectivity index (χ2v) is 8.20. The Morgan fingerprint density at radius 3 is 2.96 bits per heavy atom. The Labute approximate surface area is 159 Å². The average molecular weight is 376 g/mol. The zero-order valence-corrected chi connectivity index (χ0v) is 16.7. The molecule has 0 aliphatic heterocycles. The first-order valence-electron chi connectivity index (χ1n) is 9.46. The van der Waals surface area contributed by atoms with Gasteiger partial charge in [-0.1, -0.05) is 50.6 Å². The van der Waals surface area contributed by atoms with Gasteiger partial charge in [0, 0.05) is 19.7 Å². The second kappa shape index (κ2) is 8.91. The van der Waals surface area contributed by atoms with Gasteiger partial charge in [0.15, 0.2) is 5.16 Å². The predicted molar refractivity (Wildman–Crippen MR) is 106 cm³/mol. The molecule has 1 amide bonds. The normalized spacial score (nSPS) is 23.3. The molecule has 1 aliphatic carbocycles. The highest BCUT2D eigenvalue weighted by molar-refractivity contribution is 7.99. The van der Waals surface area contributed by atoms with Crippen LogP contribution in [0.25, 0.3) is 11.0 Å².